The third-order valence-corrected chi connectivity index (χ3v) is 2.20. The van der Waals surface area contributed by atoms with Gasteiger partial charge in [-0.3, -0.25) is 0 Å². The van der Waals surface area contributed by atoms with Gasteiger partial charge in [0.15, 0.2) is 0 Å². The summed E-state index contributed by atoms with van der Waals surface area (Å²) < 4.78 is 0. The first kappa shape index (κ1) is 19.8. The molecule has 0 aromatic carbocycles. The van der Waals surface area contributed by atoms with Gasteiger partial charge in [0.2, 0.25) is 0 Å². The monoisotopic (exact) mass is 261 g/mol. The first-order valence-corrected chi connectivity index (χ1v) is 5.90. The normalized spacial score (nSPS) is 11.2. The Morgan fingerprint density at radius 3 is 2.39 bits per heavy atom. The molecule has 0 radical (unpaired) electrons. The summed E-state index contributed by atoms with van der Waals surface area (Å²) in [7, 11) is 0. The third kappa shape index (κ3) is 15.4. The molecule has 0 aliphatic rings. The number of rotatable bonds is 10. The van der Waals surface area contributed by atoms with Crippen molar-refractivity contribution in [3.8, 4) is 0 Å². The zero-order valence-electron chi connectivity index (χ0n) is 11.1. The number of aliphatic carboxylic acids is 1. The molecular weight excluding hydrogens is 241 g/mol. The van der Waals surface area contributed by atoms with Gasteiger partial charge in [0.1, 0.15) is 0 Å². The molecule has 0 aromatic rings. The van der Waals surface area contributed by atoms with Crippen LogP contribution in [-0.2, 0) is 4.79 Å². The fourth-order valence-electron chi connectivity index (χ4n) is 1.32. The van der Waals surface area contributed by atoms with Gasteiger partial charge in [-0.25, -0.2) is 4.79 Å². The molecule has 0 bridgehead atoms. The van der Waals surface area contributed by atoms with Gasteiger partial charge >= 0.3 is 35.5 Å². The number of carbonyl (C=O) groups is 1. The summed E-state index contributed by atoms with van der Waals surface area (Å²) in [6.45, 7) is 4.13. The van der Waals surface area contributed by atoms with E-state index in [2.05, 4.69) is 11.6 Å². The number of allylic oxidation sites excluding steroid dienone is 1. The van der Waals surface area contributed by atoms with Crippen LogP contribution in [0, 0.1) is 0 Å². The zero-order valence-corrected chi connectivity index (χ0v) is 13.1. The minimum atomic E-state index is -1.13. The van der Waals surface area contributed by atoms with Crippen LogP contribution in [0.25, 0.3) is 0 Å². The van der Waals surface area contributed by atoms with Gasteiger partial charge in [-0.15, -0.1) is 6.58 Å². The van der Waals surface area contributed by atoms with Crippen LogP contribution in [-0.4, -0.2) is 23.5 Å². The van der Waals surface area contributed by atoms with Crippen molar-refractivity contribution in [3.05, 3.63) is 24.8 Å². The predicted molar refractivity (Wildman–Crippen MR) is 67.0 cm³/mol. The van der Waals surface area contributed by atoms with Crippen molar-refractivity contribution in [2.75, 3.05) is 6.54 Å². The molecule has 1 N–H and O–H groups in total. The molecule has 0 aromatic heterocycles. The quantitative estimate of drug-likeness (QED) is 0.136. The van der Waals surface area contributed by atoms with Crippen molar-refractivity contribution in [1.29, 1.82) is 0 Å². The molecule has 0 heterocycles. The Labute approximate surface area is 131 Å². The van der Waals surface area contributed by atoms with E-state index in [1.165, 1.54) is 12.8 Å². The number of hydrogen-bond acceptors (Lipinski definition) is 3. The molecule has 0 unspecified atom stereocenters. The molecule has 4 nitrogen and oxygen atoms in total. The summed E-state index contributed by atoms with van der Waals surface area (Å²) in [5, 5.41) is 19.3. The molecular formula is C13H20NNaO3. The van der Waals surface area contributed by atoms with E-state index in [4.69, 9.17) is 5.11 Å². The molecule has 18 heavy (non-hydrogen) atoms. The number of carboxylic acid groups (broad SMARTS) is 1. The fourth-order valence-corrected chi connectivity index (χ4v) is 1.32. The van der Waals surface area contributed by atoms with Crippen molar-refractivity contribution in [3.63, 3.8) is 0 Å². The number of unbranched alkanes of at least 4 members (excludes halogenated alkanes) is 5. The second-order valence-electron chi connectivity index (χ2n) is 3.74. The molecule has 0 atom stereocenters. The predicted octanol–water partition coefficient (Wildman–Crippen LogP) is -1.08. The van der Waals surface area contributed by atoms with Crippen LogP contribution >= 0.6 is 0 Å². The number of aliphatic imine (C=N–C) groups is 1. The van der Waals surface area contributed by atoms with Crippen LogP contribution in [0.5, 0.6) is 0 Å². The van der Waals surface area contributed by atoms with E-state index >= 15 is 0 Å². The van der Waals surface area contributed by atoms with E-state index in [-0.39, 0.29) is 29.6 Å². The minimum Gasteiger partial charge on any atom is -0.859 e. The molecule has 0 amide bonds. The van der Waals surface area contributed by atoms with Crippen molar-refractivity contribution >= 4 is 11.9 Å². The van der Waals surface area contributed by atoms with Crippen LogP contribution < -0.4 is 34.7 Å². The second-order valence-corrected chi connectivity index (χ2v) is 3.74. The van der Waals surface area contributed by atoms with Crippen molar-refractivity contribution in [1.82, 2.24) is 0 Å². The molecule has 0 saturated heterocycles. The average molecular weight is 261 g/mol. The molecule has 0 aliphatic heterocycles. The van der Waals surface area contributed by atoms with Crippen LogP contribution in [0.2, 0.25) is 0 Å². The number of nitrogens with zero attached hydrogens (tertiary/aromatic N) is 1. The van der Waals surface area contributed by atoms with Gasteiger partial charge in [0.05, 0.1) is 0 Å². The van der Waals surface area contributed by atoms with E-state index < -0.39 is 11.9 Å². The Balaban J connectivity index is 0. The summed E-state index contributed by atoms with van der Waals surface area (Å²) in [4.78, 5) is 13.8. The second kappa shape index (κ2) is 14.5. The topological polar surface area (TPSA) is 72.7 Å². The maximum Gasteiger partial charge on any atom is 1.00 e. The maximum absolute atomic E-state index is 11.0. The van der Waals surface area contributed by atoms with Gasteiger partial charge in [-0.1, -0.05) is 25.3 Å². The van der Waals surface area contributed by atoms with E-state index in [0.717, 1.165) is 37.8 Å². The van der Waals surface area contributed by atoms with Crippen molar-refractivity contribution < 1.29 is 44.6 Å². The van der Waals surface area contributed by atoms with Gasteiger partial charge in [-0.2, -0.15) is 0 Å². The molecule has 96 valence electrons. The van der Waals surface area contributed by atoms with Gasteiger partial charge in [0.25, 0.3) is 0 Å². The summed E-state index contributed by atoms with van der Waals surface area (Å²) >= 11 is 0. The summed E-state index contributed by atoms with van der Waals surface area (Å²) in [5.74, 6) is -1.60. The molecule has 0 saturated carbocycles. The van der Waals surface area contributed by atoms with E-state index in [0.29, 0.717) is 6.54 Å². The Hall–Kier alpha value is -0.580. The van der Waals surface area contributed by atoms with E-state index in [9.17, 15) is 9.90 Å². The maximum atomic E-state index is 11.0. The Morgan fingerprint density at radius 2 is 1.78 bits per heavy atom. The Kier molecular flexibility index (Phi) is 15.9. The largest absolute Gasteiger partial charge is 1.00 e. The minimum absolute atomic E-state index is 0. The van der Waals surface area contributed by atoms with E-state index in [1.807, 2.05) is 6.08 Å². The van der Waals surface area contributed by atoms with Gasteiger partial charge in [0, 0.05) is 12.6 Å². The first-order chi connectivity index (χ1) is 8.16. The van der Waals surface area contributed by atoms with Crippen LogP contribution in [0.1, 0.15) is 38.5 Å². The average Bonchev–Trinajstić information content (AvgIpc) is 2.30. The number of hydrogen-bond donors (Lipinski definition) is 1. The zero-order chi connectivity index (χ0) is 12.9. The summed E-state index contributed by atoms with van der Waals surface area (Å²) in [5.41, 5.74) is 0. The number of carboxylic acids is 1. The fraction of sp³-hybridized carbons (Fsp3) is 0.538. The van der Waals surface area contributed by atoms with Gasteiger partial charge in [-0.05, 0) is 31.2 Å². The first-order valence-electron chi connectivity index (χ1n) is 5.90. The van der Waals surface area contributed by atoms with E-state index in [1.54, 1.807) is 0 Å². The summed E-state index contributed by atoms with van der Waals surface area (Å²) in [6, 6.07) is 0. The molecule has 0 rings (SSSR count). The van der Waals surface area contributed by atoms with Crippen molar-refractivity contribution in [2.24, 2.45) is 4.99 Å². The standard InChI is InChI=1S/C13H21NO3.Na/c1-2-3-4-5-6-7-8-11-14-12(15)9-10-13(16)17;/h2,9-10H,1,3-8,11H2,(H,14,15)(H,16,17);/q;+1/p-1/b10-9+;. The van der Waals surface area contributed by atoms with Crippen LogP contribution in [0.3, 0.4) is 0 Å². The summed E-state index contributed by atoms with van der Waals surface area (Å²) in [6.07, 6.45) is 10.2. The SMILES string of the molecule is C=CCCCCCCCN=C([O-])/C=C/C(=O)O.[Na+]. The Morgan fingerprint density at radius 1 is 1.17 bits per heavy atom. The van der Waals surface area contributed by atoms with Crippen LogP contribution in [0.15, 0.2) is 29.8 Å². The van der Waals surface area contributed by atoms with Crippen molar-refractivity contribution in [2.45, 2.75) is 38.5 Å². The smallest absolute Gasteiger partial charge is 0.859 e. The Bertz CT molecular complexity index is 288. The molecule has 0 fully saturated rings. The molecule has 0 spiro atoms. The van der Waals surface area contributed by atoms with Gasteiger partial charge < -0.3 is 15.2 Å². The van der Waals surface area contributed by atoms with Crippen LogP contribution in [0.4, 0.5) is 0 Å². The molecule has 0 aliphatic carbocycles. The third-order valence-electron chi connectivity index (χ3n) is 2.20. The molecule has 5 heteroatoms.